The van der Waals surface area contributed by atoms with Crippen LogP contribution in [0.4, 0.5) is 0 Å². The van der Waals surface area contributed by atoms with Gasteiger partial charge in [0.05, 0.1) is 0 Å². The highest BCUT2D eigenvalue weighted by molar-refractivity contribution is 5.80. The number of hydrogen-bond donors (Lipinski definition) is 1. The number of aliphatic carboxylic acids is 1. The molecule has 0 heterocycles. The Bertz CT molecular complexity index is 178. The SMILES string of the molecule is CCC(C)(C)/C(C)=C/C(=O)O. The predicted octanol–water partition coefficient (Wildman–Crippen LogP) is 2.45. The number of carbonyl (C=O) groups is 1. The first-order valence-electron chi connectivity index (χ1n) is 3.82. The Kier molecular flexibility index (Phi) is 3.30. The van der Waals surface area contributed by atoms with Crippen molar-refractivity contribution in [1.82, 2.24) is 0 Å². The van der Waals surface area contributed by atoms with Gasteiger partial charge in [-0.1, -0.05) is 26.3 Å². The lowest BCUT2D eigenvalue weighted by atomic mass is 9.82. The molecule has 0 atom stereocenters. The maximum absolute atomic E-state index is 10.3. The summed E-state index contributed by atoms with van der Waals surface area (Å²) in [5, 5.41) is 8.47. The summed E-state index contributed by atoms with van der Waals surface area (Å²) in [5.74, 6) is -0.857. The number of hydrogen-bond acceptors (Lipinski definition) is 1. The molecule has 11 heavy (non-hydrogen) atoms. The van der Waals surface area contributed by atoms with Gasteiger partial charge in [0, 0.05) is 6.08 Å². The average molecular weight is 156 g/mol. The van der Waals surface area contributed by atoms with E-state index in [1.807, 2.05) is 20.8 Å². The molecule has 0 radical (unpaired) electrons. The Balaban J connectivity index is 4.46. The highest BCUT2D eigenvalue weighted by Gasteiger charge is 2.17. The van der Waals surface area contributed by atoms with Gasteiger partial charge in [-0.05, 0) is 18.8 Å². The first-order chi connectivity index (χ1) is 4.90. The fourth-order valence-corrected chi connectivity index (χ4v) is 0.659. The summed E-state index contributed by atoms with van der Waals surface area (Å²) in [6.07, 6.45) is 2.24. The summed E-state index contributed by atoms with van der Waals surface area (Å²) >= 11 is 0. The van der Waals surface area contributed by atoms with Crippen LogP contribution in [0.1, 0.15) is 34.1 Å². The van der Waals surface area contributed by atoms with Gasteiger partial charge in [0.15, 0.2) is 0 Å². The third kappa shape index (κ3) is 3.21. The zero-order valence-electron chi connectivity index (χ0n) is 7.64. The second-order valence-electron chi connectivity index (χ2n) is 3.40. The van der Waals surface area contributed by atoms with Crippen molar-refractivity contribution in [3.05, 3.63) is 11.6 Å². The van der Waals surface area contributed by atoms with Gasteiger partial charge in [-0.25, -0.2) is 4.79 Å². The largest absolute Gasteiger partial charge is 0.478 e. The van der Waals surface area contributed by atoms with Crippen LogP contribution in [0.15, 0.2) is 11.6 Å². The van der Waals surface area contributed by atoms with Crippen LogP contribution in [0.25, 0.3) is 0 Å². The van der Waals surface area contributed by atoms with Gasteiger partial charge in [-0.2, -0.15) is 0 Å². The quantitative estimate of drug-likeness (QED) is 0.637. The van der Waals surface area contributed by atoms with Crippen LogP contribution in [-0.4, -0.2) is 11.1 Å². The van der Waals surface area contributed by atoms with Gasteiger partial charge >= 0.3 is 5.97 Å². The number of rotatable bonds is 3. The Labute approximate surface area is 67.9 Å². The topological polar surface area (TPSA) is 37.3 Å². The van der Waals surface area contributed by atoms with E-state index in [2.05, 4.69) is 6.92 Å². The van der Waals surface area contributed by atoms with E-state index in [0.717, 1.165) is 12.0 Å². The third-order valence-electron chi connectivity index (χ3n) is 2.29. The molecule has 0 spiro atoms. The van der Waals surface area contributed by atoms with Crippen molar-refractivity contribution >= 4 is 5.97 Å². The number of carboxylic acid groups (broad SMARTS) is 1. The molecule has 0 aromatic rings. The van der Waals surface area contributed by atoms with Crippen molar-refractivity contribution in [1.29, 1.82) is 0 Å². The zero-order valence-corrected chi connectivity index (χ0v) is 7.64. The Morgan fingerprint density at radius 2 is 2.00 bits per heavy atom. The molecule has 1 N–H and O–H groups in total. The van der Waals surface area contributed by atoms with Crippen molar-refractivity contribution in [2.24, 2.45) is 5.41 Å². The molecular formula is C9H16O2. The van der Waals surface area contributed by atoms with Crippen molar-refractivity contribution in [3.8, 4) is 0 Å². The van der Waals surface area contributed by atoms with E-state index in [1.165, 1.54) is 6.08 Å². The number of carboxylic acids is 1. The monoisotopic (exact) mass is 156 g/mol. The Morgan fingerprint density at radius 1 is 1.55 bits per heavy atom. The molecule has 0 amide bonds. The second-order valence-corrected chi connectivity index (χ2v) is 3.40. The summed E-state index contributed by atoms with van der Waals surface area (Å²) in [6, 6.07) is 0. The van der Waals surface area contributed by atoms with Crippen LogP contribution in [0.5, 0.6) is 0 Å². The number of allylic oxidation sites excluding steroid dienone is 1. The summed E-state index contributed by atoms with van der Waals surface area (Å²) in [5.41, 5.74) is 0.936. The van der Waals surface area contributed by atoms with Crippen molar-refractivity contribution < 1.29 is 9.90 Å². The van der Waals surface area contributed by atoms with Gasteiger partial charge in [0.1, 0.15) is 0 Å². The fraction of sp³-hybridized carbons (Fsp3) is 0.667. The molecule has 0 aromatic carbocycles. The molecule has 2 heteroatoms. The van der Waals surface area contributed by atoms with E-state index in [9.17, 15) is 4.79 Å². The smallest absolute Gasteiger partial charge is 0.328 e. The molecule has 64 valence electrons. The van der Waals surface area contributed by atoms with E-state index >= 15 is 0 Å². The third-order valence-corrected chi connectivity index (χ3v) is 2.29. The normalized spacial score (nSPS) is 13.3. The maximum atomic E-state index is 10.3. The molecule has 0 bridgehead atoms. The second kappa shape index (κ2) is 3.56. The van der Waals surface area contributed by atoms with Crippen molar-refractivity contribution in [2.75, 3.05) is 0 Å². The van der Waals surface area contributed by atoms with Gasteiger partial charge in [0.25, 0.3) is 0 Å². The lowest BCUT2D eigenvalue weighted by molar-refractivity contribution is -0.131. The molecule has 0 rings (SSSR count). The van der Waals surface area contributed by atoms with Crippen molar-refractivity contribution in [3.63, 3.8) is 0 Å². The van der Waals surface area contributed by atoms with Crippen LogP contribution in [0, 0.1) is 5.41 Å². The van der Waals surface area contributed by atoms with E-state index in [4.69, 9.17) is 5.11 Å². The Morgan fingerprint density at radius 3 is 2.27 bits per heavy atom. The molecule has 0 aliphatic rings. The first-order valence-corrected chi connectivity index (χ1v) is 3.82. The summed E-state index contributed by atoms with van der Waals surface area (Å²) < 4.78 is 0. The van der Waals surface area contributed by atoms with Gasteiger partial charge in [-0.15, -0.1) is 0 Å². The minimum absolute atomic E-state index is 0.0123. The summed E-state index contributed by atoms with van der Waals surface area (Å²) in [7, 11) is 0. The molecule has 0 unspecified atom stereocenters. The molecule has 0 saturated carbocycles. The van der Waals surface area contributed by atoms with Gasteiger partial charge in [0.2, 0.25) is 0 Å². The van der Waals surface area contributed by atoms with Crippen LogP contribution in [0.2, 0.25) is 0 Å². The predicted molar refractivity (Wildman–Crippen MR) is 45.5 cm³/mol. The minimum atomic E-state index is -0.857. The van der Waals surface area contributed by atoms with Crippen LogP contribution in [0.3, 0.4) is 0 Å². The molecule has 2 nitrogen and oxygen atoms in total. The highest BCUT2D eigenvalue weighted by Crippen LogP contribution is 2.28. The summed E-state index contributed by atoms with van der Waals surface area (Å²) in [6.45, 7) is 8.00. The van der Waals surface area contributed by atoms with E-state index in [1.54, 1.807) is 0 Å². The standard InChI is InChI=1S/C9H16O2/c1-5-9(3,4)7(2)6-8(10)11/h6H,5H2,1-4H3,(H,10,11)/b7-6+. The Hall–Kier alpha value is -0.790. The lowest BCUT2D eigenvalue weighted by Crippen LogP contribution is -2.12. The van der Waals surface area contributed by atoms with Gasteiger partial charge < -0.3 is 5.11 Å². The highest BCUT2D eigenvalue weighted by atomic mass is 16.4. The molecule has 0 fully saturated rings. The molecule has 0 aromatic heterocycles. The fourth-order valence-electron chi connectivity index (χ4n) is 0.659. The zero-order chi connectivity index (χ0) is 9.07. The lowest BCUT2D eigenvalue weighted by Gasteiger charge is -2.23. The van der Waals surface area contributed by atoms with Crippen molar-refractivity contribution in [2.45, 2.75) is 34.1 Å². The molecule has 0 aliphatic carbocycles. The van der Waals surface area contributed by atoms with Gasteiger partial charge in [-0.3, -0.25) is 0 Å². The first kappa shape index (κ1) is 10.2. The average Bonchev–Trinajstić information content (AvgIpc) is 1.86. The molecule has 0 aliphatic heterocycles. The van der Waals surface area contributed by atoms with E-state index in [0.29, 0.717) is 0 Å². The maximum Gasteiger partial charge on any atom is 0.328 e. The minimum Gasteiger partial charge on any atom is -0.478 e. The van der Waals surface area contributed by atoms with Crippen LogP contribution in [-0.2, 0) is 4.79 Å². The van der Waals surface area contributed by atoms with Crippen LogP contribution < -0.4 is 0 Å². The van der Waals surface area contributed by atoms with Crippen LogP contribution >= 0.6 is 0 Å². The molecule has 0 saturated heterocycles. The van der Waals surface area contributed by atoms with E-state index in [-0.39, 0.29) is 5.41 Å². The summed E-state index contributed by atoms with van der Waals surface area (Å²) in [4.78, 5) is 10.3. The molecular weight excluding hydrogens is 140 g/mol. The van der Waals surface area contributed by atoms with E-state index < -0.39 is 5.97 Å².